The van der Waals surface area contributed by atoms with E-state index in [4.69, 9.17) is 10.5 Å². The highest BCUT2D eigenvalue weighted by Gasteiger charge is 2.13. The van der Waals surface area contributed by atoms with Crippen LogP contribution < -0.4 is 11.1 Å². The van der Waals surface area contributed by atoms with E-state index in [-0.39, 0.29) is 0 Å². The molecule has 0 bridgehead atoms. The number of aryl methyl sites for hydroxylation is 1. The van der Waals surface area contributed by atoms with Gasteiger partial charge in [-0.15, -0.1) is 0 Å². The number of methoxy groups -OCH3 is 1. The van der Waals surface area contributed by atoms with Gasteiger partial charge in [0, 0.05) is 5.69 Å². The van der Waals surface area contributed by atoms with Crippen LogP contribution in [0.5, 0.6) is 0 Å². The first kappa shape index (κ1) is 12.9. The standard InChI is InChI=1S/C14H15N3O2/c1-9-3-5-11(6-4-9)17-13-12(14(18)19-2)7-10(15)8-16-13/h3-8H,15H2,1-2H3,(H,16,17). The Hall–Kier alpha value is -2.56. The van der Waals surface area contributed by atoms with Crippen molar-refractivity contribution in [2.24, 2.45) is 0 Å². The van der Waals surface area contributed by atoms with Crippen LogP contribution in [0.25, 0.3) is 0 Å². The molecular formula is C14H15N3O2. The molecule has 0 unspecified atom stereocenters. The molecular weight excluding hydrogens is 242 g/mol. The van der Waals surface area contributed by atoms with E-state index in [0.717, 1.165) is 11.3 Å². The number of carbonyl (C=O) groups is 1. The summed E-state index contributed by atoms with van der Waals surface area (Å²) in [4.78, 5) is 15.8. The van der Waals surface area contributed by atoms with Gasteiger partial charge >= 0.3 is 5.97 Å². The van der Waals surface area contributed by atoms with Crippen LogP contribution >= 0.6 is 0 Å². The number of carbonyl (C=O) groups excluding carboxylic acids is 1. The molecule has 19 heavy (non-hydrogen) atoms. The van der Waals surface area contributed by atoms with Gasteiger partial charge in [0.2, 0.25) is 0 Å². The first-order valence-corrected chi connectivity index (χ1v) is 5.77. The molecule has 1 heterocycles. The van der Waals surface area contributed by atoms with Crippen molar-refractivity contribution in [3.05, 3.63) is 47.7 Å². The quantitative estimate of drug-likeness (QED) is 0.826. The lowest BCUT2D eigenvalue weighted by Crippen LogP contribution is -2.08. The van der Waals surface area contributed by atoms with Gasteiger partial charge in [0.05, 0.1) is 19.0 Å². The third-order valence-electron chi connectivity index (χ3n) is 2.63. The predicted molar refractivity (Wildman–Crippen MR) is 74.5 cm³/mol. The third kappa shape index (κ3) is 3.01. The van der Waals surface area contributed by atoms with Gasteiger partial charge in [0.15, 0.2) is 0 Å². The minimum absolute atomic E-state index is 0.308. The third-order valence-corrected chi connectivity index (χ3v) is 2.63. The van der Waals surface area contributed by atoms with E-state index in [2.05, 4.69) is 10.3 Å². The number of aromatic nitrogens is 1. The fourth-order valence-electron chi connectivity index (χ4n) is 1.62. The Bertz CT molecular complexity index is 594. The first-order valence-electron chi connectivity index (χ1n) is 5.77. The van der Waals surface area contributed by atoms with Crippen molar-refractivity contribution in [1.29, 1.82) is 0 Å². The average molecular weight is 257 g/mol. The number of pyridine rings is 1. The van der Waals surface area contributed by atoms with Gasteiger partial charge in [-0.1, -0.05) is 17.7 Å². The predicted octanol–water partition coefficient (Wildman–Crippen LogP) is 2.50. The molecule has 3 N–H and O–H groups in total. The molecule has 0 aliphatic rings. The topological polar surface area (TPSA) is 77.2 Å². The number of nitrogen functional groups attached to an aromatic ring is 1. The first-order chi connectivity index (χ1) is 9.10. The summed E-state index contributed by atoms with van der Waals surface area (Å²) in [6.45, 7) is 2.01. The molecule has 0 atom stereocenters. The molecule has 0 saturated carbocycles. The minimum Gasteiger partial charge on any atom is -0.465 e. The summed E-state index contributed by atoms with van der Waals surface area (Å²) in [5.74, 6) is -0.0562. The Kier molecular flexibility index (Phi) is 3.66. The zero-order chi connectivity index (χ0) is 13.8. The van der Waals surface area contributed by atoms with Crippen molar-refractivity contribution in [2.75, 3.05) is 18.2 Å². The molecule has 0 aliphatic heterocycles. The van der Waals surface area contributed by atoms with Crippen molar-refractivity contribution in [2.45, 2.75) is 6.92 Å². The fraction of sp³-hybridized carbons (Fsp3) is 0.143. The Morgan fingerprint density at radius 3 is 2.63 bits per heavy atom. The van der Waals surface area contributed by atoms with Crippen molar-refractivity contribution in [3.8, 4) is 0 Å². The summed E-state index contributed by atoms with van der Waals surface area (Å²) >= 11 is 0. The van der Waals surface area contributed by atoms with Gasteiger partial charge in [0.1, 0.15) is 11.4 Å². The number of nitrogens with one attached hydrogen (secondary N) is 1. The van der Waals surface area contributed by atoms with Crippen LogP contribution in [0.2, 0.25) is 0 Å². The van der Waals surface area contributed by atoms with Crippen molar-refractivity contribution < 1.29 is 9.53 Å². The number of rotatable bonds is 3. The average Bonchev–Trinajstić information content (AvgIpc) is 2.42. The molecule has 5 nitrogen and oxygen atoms in total. The lowest BCUT2D eigenvalue weighted by atomic mass is 10.2. The number of hydrogen-bond acceptors (Lipinski definition) is 5. The molecule has 98 valence electrons. The SMILES string of the molecule is COC(=O)c1cc(N)cnc1Nc1ccc(C)cc1. The second kappa shape index (κ2) is 5.39. The molecule has 5 heteroatoms. The fourth-order valence-corrected chi connectivity index (χ4v) is 1.62. The Labute approximate surface area is 111 Å². The molecule has 0 fully saturated rings. The summed E-state index contributed by atoms with van der Waals surface area (Å²) in [6.07, 6.45) is 1.49. The van der Waals surface area contributed by atoms with E-state index in [1.54, 1.807) is 0 Å². The van der Waals surface area contributed by atoms with Crippen LogP contribution in [0, 0.1) is 6.92 Å². The smallest absolute Gasteiger partial charge is 0.341 e. The number of esters is 1. The summed E-state index contributed by atoms with van der Waals surface area (Å²) in [6, 6.07) is 9.30. The number of benzene rings is 1. The zero-order valence-electron chi connectivity index (χ0n) is 10.8. The molecule has 2 rings (SSSR count). The Balaban J connectivity index is 2.34. The van der Waals surface area contributed by atoms with Crippen LogP contribution in [0.4, 0.5) is 17.2 Å². The lowest BCUT2D eigenvalue weighted by Gasteiger charge is -2.10. The van der Waals surface area contributed by atoms with E-state index in [1.165, 1.54) is 19.4 Å². The summed E-state index contributed by atoms with van der Waals surface area (Å²) in [5.41, 5.74) is 8.35. The Morgan fingerprint density at radius 2 is 2.00 bits per heavy atom. The summed E-state index contributed by atoms with van der Waals surface area (Å²) in [5, 5.41) is 3.07. The lowest BCUT2D eigenvalue weighted by molar-refractivity contribution is 0.0601. The van der Waals surface area contributed by atoms with Crippen molar-refractivity contribution in [3.63, 3.8) is 0 Å². The van der Waals surface area contributed by atoms with Gasteiger partial charge in [-0.2, -0.15) is 0 Å². The number of nitrogens with zero attached hydrogens (tertiary/aromatic N) is 1. The van der Waals surface area contributed by atoms with Crippen molar-refractivity contribution >= 4 is 23.2 Å². The van der Waals surface area contributed by atoms with E-state index >= 15 is 0 Å². The molecule has 0 amide bonds. The highest BCUT2D eigenvalue weighted by Crippen LogP contribution is 2.21. The van der Waals surface area contributed by atoms with Crippen molar-refractivity contribution in [1.82, 2.24) is 4.98 Å². The largest absolute Gasteiger partial charge is 0.465 e. The summed E-state index contributed by atoms with van der Waals surface area (Å²) in [7, 11) is 1.32. The number of hydrogen-bond donors (Lipinski definition) is 2. The molecule has 1 aromatic heterocycles. The van der Waals surface area contributed by atoms with Gasteiger partial charge in [0.25, 0.3) is 0 Å². The van der Waals surface area contributed by atoms with Gasteiger partial charge in [-0.3, -0.25) is 0 Å². The van der Waals surface area contributed by atoms with Crippen LogP contribution in [0.15, 0.2) is 36.5 Å². The molecule has 0 saturated heterocycles. The van der Waals surface area contributed by atoms with Crippen LogP contribution in [0.3, 0.4) is 0 Å². The monoisotopic (exact) mass is 257 g/mol. The zero-order valence-corrected chi connectivity index (χ0v) is 10.8. The molecule has 0 spiro atoms. The molecule has 0 radical (unpaired) electrons. The normalized spacial score (nSPS) is 10.0. The van der Waals surface area contributed by atoms with Gasteiger partial charge in [-0.25, -0.2) is 9.78 Å². The van der Waals surface area contributed by atoms with Crippen LogP contribution in [-0.4, -0.2) is 18.1 Å². The van der Waals surface area contributed by atoms with Gasteiger partial charge in [-0.05, 0) is 25.1 Å². The molecule has 2 aromatic rings. The number of ether oxygens (including phenoxy) is 1. The highest BCUT2D eigenvalue weighted by molar-refractivity contribution is 5.96. The van der Waals surface area contributed by atoms with Crippen LogP contribution in [0.1, 0.15) is 15.9 Å². The van der Waals surface area contributed by atoms with Gasteiger partial charge < -0.3 is 15.8 Å². The second-order valence-corrected chi connectivity index (χ2v) is 4.15. The number of nitrogens with two attached hydrogens (primary N) is 1. The molecule has 0 aliphatic carbocycles. The maximum atomic E-state index is 11.7. The van der Waals surface area contributed by atoms with E-state index < -0.39 is 5.97 Å². The Morgan fingerprint density at radius 1 is 1.32 bits per heavy atom. The second-order valence-electron chi connectivity index (χ2n) is 4.15. The minimum atomic E-state index is -0.477. The van der Waals surface area contributed by atoms with Crippen LogP contribution in [-0.2, 0) is 4.74 Å². The number of anilines is 3. The van der Waals surface area contributed by atoms with E-state index in [0.29, 0.717) is 17.1 Å². The van der Waals surface area contributed by atoms with E-state index in [9.17, 15) is 4.79 Å². The maximum absolute atomic E-state index is 11.7. The summed E-state index contributed by atoms with van der Waals surface area (Å²) < 4.78 is 4.71. The molecule has 1 aromatic carbocycles. The maximum Gasteiger partial charge on any atom is 0.341 e. The highest BCUT2D eigenvalue weighted by atomic mass is 16.5. The van der Waals surface area contributed by atoms with E-state index in [1.807, 2.05) is 31.2 Å².